The van der Waals surface area contributed by atoms with Crippen molar-refractivity contribution in [3.8, 4) is 23.4 Å². The fourth-order valence-electron chi connectivity index (χ4n) is 2.87. The fourth-order valence-corrected chi connectivity index (χ4v) is 2.87. The van der Waals surface area contributed by atoms with Crippen molar-refractivity contribution in [2.24, 2.45) is 5.92 Å². The third-order valence-corrected chi connectivity index (χ3v) is 4.03. The van der Waals surface area contributed by atoms with E-state index in [2.05, 4.69) is 10.2 Å². The number of rotatable bonds is 4. The maximum Gasteiger partial charge on any atom is 0.268 e. The molecule has 122 valence electrons. The van der Waals surface area contributed by atoms with Gasteiger partial charge in [-0.1, -0.05) is 42.5 Å². The summed E-state index contributed by atoms with van der Waals surface area (Å²) < 4.78 is 13.3. The summed E-state index contributed by atoms with van der Waals surface area (Å²) in [4.78, 5) is 12.5. The molecule has 0 saturated heterocycles. The lowest BCUT2D eigenvalue weighted by Gasteiger charge is -2.18. The number of halogens is 1. The van der Waals surface area contributed by atoms with Crippen LogP contribution in [0.2, 0.25) is 0 Å². The molecule has 25 heavy (non-hydrogen) atoms. The minimum absolute atomic E-state index is 0.283. The van der Waals surface area contributed by atoms with Crippen molar-refractivity contribution in [2.75, 3.05) is 0 Å². The van der Waals surface area contributed by atoms with Gasteiger partial charge in [-0.05, 0) is 23.3 Å². The fraction of sp³-hybridized carbons (Fsp3) is 0.105. The summed E-state index contributed by atoms with van der Waals surface area (Å²) in [7, 11) is 0. The van der Waals surface area contributed by atoms with Crippen molar-refractivity contribution in [3.05, 3.63) is 81.9 Å². The highest BCUT2D eigenvalue weighted by Crippen LogP contribution is 2.35. The Morgan fingerprint density at radius 2 is 1.56 bits per heavy atom. The highest BCUT2D eigenvalue weighted by molar-refractivity contribution is 5.64. The zero-order valence-corrected chi connectivity index (χ0v) is 13.0. The summed E-state index contributed by atoms with van der Waals surface area (Å²) >= 11 is 0. The van der Waals surface area contributed by atoms with Crippen LogP contribution in [0.1, 0.15) is 17.0 Å². The summed E-state index contributed by atoms with van der Waals surface area (Å²) in [6, 6.07) is 18.5. The second-order valence-electron chi connectivity index (χ2n) is 5.50. The van der Waals surface area contributed by atoms with Crippen molar-refractivity contribution in [3.63, 3.8) is 0 Å². The highest BCUT2D eigenvalue weighted by Gasteiger charge is 2.31. The molecule has 0 unspecified atom stereocenters. The van der Waals surface area contributed by atoms with Gasteiger partial charge in [0.2, 0.25) is 0 Å². The Morgan fingerprint density at radius 3 is 2.16 bits per heavy atom. The monoisotopic (exact) mass is 332 g/mol. The van der Waals surface area contributed by atoms with E-state index in [1.165, 1.54) is 24.3 Å². The molecule has 2 N–H and O–H groups in total. The van der Waals surface area contributed by atoms with Crippen LogP contribution >= 0.6 is 0 Å². The molecule has 0 bridgehead atoms. The van der Waals surface area contributed by atoms with Crippen molar-refractivity contribution in [1.29, 1.82) is 10.5 Å². The third kappa shape index (κ3) is 3.06. The van der Waals surface area contributed by atoms with E-state index in [1.807, 2.05) is 42.5 Å². The first-order chi connectivity index (χ1) is 12.2. The van der Waals surface area contributed by atoms with Crippen LogP contribution in [0.3, 0.4) is 0 Å². The Bertz CT molecular complexity index is 993. The topological polar surface area (TPSA) is 96.2 Å². The van der Waals surface area contributed by atoms with E-state index in [4.69, 9.17) is 0 Å². The lowest BCUT2D eigenvalue weighted by Crippen LogP contribution is -2.19. The molecule has 0 saturated carbocycles. The van der Waals surface area contributed by atoms with Crippen molar-refractivity contribution >= 4 is 0 Å². The first-order valence-corrected chi connectivity index (χ1v) is 7.56. The van der Waals surface area contributed by atoms with E-state index in [9.17, 15) is 19.7 Å². The van der Waals surface area contributed by atoms with Crippen LogP contribution in [-0.4, -0.2) is 10.2 Å². The molecule has 6 heteroatoms. The van der Waals surface area contributed by atoms with Crippen molar-refractivity contribution in [2.45, 2.75) is 5.92 Å². The standard InChI is InChI=1S/C19H13FN4O/c20-15-8-6-12(7-9-15)16(14(10-21)11-22)17-18(23-24-19(17)25)13-4-2-1-3-5-13/h1-9,14,16H,(H2,23,24,25)/t16-/m1/s1. The Balaban J connectivity index is 2.23. The molecule has 0 amide bonds. The van der Waals surface area contributed by atoms with Gasteiger partial charge in [-0.25, -0.2) is 4.39 Å². The van der Waals surface area contributed by atoms with E-state index in [0.29, 0.717) is 11.3 Å². The van der Waals surface area contributed by atoms with Crippen molar-refractivity contribution in [1.82, 2.24) is 10.2 Å². The predicted octanol–water partition coefficient (Wildman–Crippen LogP) is 3.30. The molecular formula is C19H13FN4O. The number of nitrogens with one attached hydrogen (secondary N) is 2. The highest BCUT2D eigenvalue weighted by atomic mass is 19.1. The molecule has 0 fully saturated rings. The van der Waals surface area contributed by atoms with Crippen LogP contribution in [-0.2, 0) is 0 Å². The number of hydrogen-bond acceptors (Lipinski definition) is 3. The molecule has 2 aromatic carbocycles. The van der Waals surface area contributed by atoms with Gasteiger partial charge < -0.3 is 0 Å². The Kier molecular flexibility index (Phi) is 4.45. The summed E-state index contributed by atoms with van der Waals surface area (Å²) in [6.07, 6.45) is 0. The van der Waals surface area contributed by atoms with Gasteiger partial charge in [0.1, 0.15) is 11.7 Å². The van der Waals surface area contributed by atoms with Crippen molar-refractivity contribution < 1.29 is 4.39 Å². The van der Waals surface area contributed by atoms with Gasteiger partial charge in [0.25, 0.3) is 5.56 Å². The van der Waals surface area contributed by atoms with E-state index in [-0.39, 0.29) is 5.56 Å². The molecule has 0 aliphatic heterocycles. The molecule has 0 aliphatic rings. The second kappa shape index (κ2) is 6.86. The molecule has 3 aromatic rings. The minimum Gasteiger partial charge on any atom is -0.297 e. The molecule has 0 radical (unpaired) electrons. The second-order valence-corrected chi connectivity index (χ2v) is 5.50. The zero-order chi connectivity index (χ0) is 17.8. The number of nitriles is 2. The largest absolute Gasteiger partial charge is 0.297 e. The first kappa shape index (κ1) is 16.2. The van der Waals surface area contributed by atoms with Gasteiger partial charge in [-0.3, -0.25) is 15.0 Å². The van der Waals surface area contributed by atoms with Gasteiger partial charge in [0, 0.05) is 5.92 Å². The van der Waals surface area contributed by atoms with E-state index >= 15 is 0 Å². The Labute approximate surface area is 143 Å². The molecule has 1 heterocycles. The molecule has 3 rings (SSSR count). The molecule has 1 atom stereocenters. The third-order valence-electron chi connectivity index (χ3n) is 4.03. The lowest BCUT2D eigenvalue weighted by molar-refractivity contribution is 0.624. The van der Waals surface area contributed by atoms with Crippen LogP contribution in [0.5, 0.6) is 0 Å². The average molecular weight is 332 g/mol. The number of benzene rings is 2. The molecular weight excluding hydrogens is 319 g/mol. The maximum atomic E-state index is 13.3. The number of H-pyrrole nitrogens is 2. The number of hydrogen-bond donors (Lipinski definition) is 2. The Morgan fingerprint density at radius 1 is 0.920 bits per heavy atom. The minimum atomic E-state index is -1.09. The van der Waals surface area contributed by atoms with Gasteiger partial charge in [-0.15, -0.1) is 0 Å². The normalized spacial score (nSPS) is 11.7. The quantitative estimate of drug-likeness (QED) is 0.767. The molecule has 5 nitrogen and oxygen atoms in total. The van der Waals surface area contributed by atoms with Crippen LogP contribution < -0.4 is 5.56 Å². The Hall–Kier alpha value is -3.64. The number of aromatic nitrogens is 2. The van der Waals surface area contributed by atoms with Crippen LogP contribution in [0, 0.1) is 34.4 Å². The summed E-state index contributed by atoms with van der Waals surface area (Å²) in [5.74, 6) is -2.33. The van der Waals surface area contributed by atoms with E-state index in [1.54, 1.807) is 0 Å². The smallest absolute Gasteiger partial charge is 0.268 e. The van der Waals surface area contributed by atoms with Gasteiger partial charge >= 0.3 is 0 Å². The van der Waals surface area contributed by atoms with Crippen LogP contribution in [0.4, 0.5) is 4.39 Å². The van der Waals surface area contributed by atoms with Gasteiger partial charge in [0.15, 0.2) is 0 Å². The average Bonchev–Trinajstić information content (AvgIpc) is 3.02. The van der Waals surface area contributed by atoms with Crippen LogP contribution in [0.25, 0.3) is 11.3 Å². The zero-order valence-electron chi connectivity index (χ0n) is 13.0. The maximum absolute atomic E-state index is 13.3. The first-order valence-electron chi connectivity index (χ1n) is 7.56. The van der Waals surface area contributed by atoms with Gasteiger partial charge in [-0.2, -0.15) is 10.5 Å². The SMILES string of the molecule is N#CC(C#N)[C@@H](c1ccc(F)cc1)c1c(-c2ccccc2)[nH][nH]c1=O. The van der Waals surface area contributed by atoms with E-state index < -0.39 is 23.2 Å². The van der Waals surface area contributed by atoms with E-state index in [0.717, 1.165) is 5.56 Å². The van der Waals surface area contributed by atoms with Gasteiger partial charge in [0.05, 0.1) is 23.4 Å². The molecule has 1 aromatic heterocycles. The number of nitrogens with zero attached hydrogens (tertiary/aromatic N) is 2. The molecule has 0 aliphatic carbocycles. The number of aromatic amines is 2. The summed E-state index contributed by atoms with van der Waals surface area (Å²) in [5, 5.41) is 24.1. The summed E-state index contributed by atoms with van der Waals surface area (Å²) in [6.45, 7) is 0. The molecule has 0 spiro atoms. The van der Waals surface area contributed by atoms with Crippen LogP contribution in [0.15, 0.2) is 59.4 Å². The lowest BCUT2D eigenvalue weighted by atomic mass is 9.81. The summed E-state index contributed by atoms with van der Waals surface area (Å²) in [5.41, 5.74) is 1.65. The predicted molar refractivity (Wildman–Crippen MR) is 89.8 cm³/mol.